The molecule has 0 unspecified atom stereocenters. The summed E-state index contributed by atoms with van der Waals surface area (Å²) in [5.74, 6) is 0.149. The van der Waals surface area contributed by atoms with E-state index in [1.165, 1.54) is 43.5 Å². The Hall–Kier alpha value is -2.66. The third-order valence-electron chi connectivity index (χ3n) is 3.22. The van der Waals surface area contributed by atoms with Gasteiger partial charge < -0.3 is 19.7 Å². The van der Waals surface area contributed by atoms with Crippen LogP contribution < -0.4 is 9.47 Å². The molecule has 0 saturated heterocycles. The van der Waals surface area contributed by atoms with Crippen molar-refractivity contribution in [1.29, 1.82) is 0 Å². The van der Waals surface area contributed by atoms with Crippen LogP contribution in [-0.2, 0) is 0 Å². The highest BCUT2D eigenvalue weighted by atomic mass is 35.5. The quantitative estimate of drug-likeness (QED) is 0.830. The van der Waals surface area contributed by atoms with E-state index in [4.69, 9.17) is 21.1 Å². The van der Waals surface area contributed by atoms with E-state index in [9.17, 15) is 15.0 Å². The van der Waals surface area contributed by atoms with Gasteiger partial charge in [-0.3, -0.25) is 4.79 Å². The van der Waals surface area contributed by atoms with Gasteiger partial charge in [-0.25, -0.2) is 0 Å². The third kappa shape index (κ3) is 2.35. The smallest absolute Gasteiger partial charge is 0.231 e. The molecule has 0 spiro atoms. The van der Waals surface area contributed by atoms with Gasteiger partial charge in [-0.2, -0.15) is 0 Å². The van der Waals surface area contributed by atoms with Crippen LogP contribution in [0.2, 0.25) is 5.02 Å². The highest BCUT2D eigenvalue weighted by molar-refractivity contribution is 6.32. The van der Waals surface area contributed by atoms with Gasteiger partial charge in [-0.1, -0.05) is 11.6 Å². The van der Waals surface area contributed by atoms with Gasteiger partial charge in [-0.05, 0) is 35.9 Å². The van der Waals surface area contributed by atoms with E-state index in [0.717, 1.165) is 0 Å². The van der Waals surface area contributed by atoms with Crippen LogP contribution >= 0.6 is 11.6 Å². The lowest BCUT2D eigenvalue weighted by Gasteiger charge is -2.06. The number of benzene rings is 2. The summed E-state index contributed by atoms with van der Waals surface area (Å²) in [6, 6.07) is 7.31. The SMILES string of the molecule is COc1cc(/C=C2\Oc3cc(O)ccc3C2=O)cc(Cl)c1O. The van der Waals surface area contributed by atoms with Gasteiger partial charge in [-0.15, -0.1) is 0 Å². The van der Waals surface area contributed by atoms with Crippen molar-refractivity contribution in [3.05, 3.63) is 52.2 Å². The van der Waals surface area contributed by atoms with Crippen LogP contribution in [0.25, 0.3) is 6.08 Å². The fourth-order valence-electron chi connectivity index (χ4n) is 2.16. The molecule has 6 heteroatoms. The molecule has 0 aliphatic carbocycles. The summed E-state index contributed by atoms with van der Waals surface area (Å²) in [5, 5.41) is 19.2. The second-order valence-electron chi connectivity index (χ2n) is 4.67. The zero-order chi connectivity index (χ0) is 15.9. The van der Waals surface area contributed by atoms with E-state index >= 15 is 0 Å². The van der Waals surface area contributed by atoms with E-state index < -0.39 is 0 Å². The summed E-state index contributed by atoms with van der Waals surface area (Å²) < 4.78 is 10.5. The normalized spacial score (nSPS) is 14.8. The molecule has 1 aliphatic rings. The minimum Gasteiger partial charge on any atom is -0.508 e. The van der Waals surface area contributed by atoms with E-state index in [0.29, 0.717) is 16.9 Å². The fraction of sp³-hybridized carbons (Fsp3) is 0.0625. The molecule has 0 amide bonds. The van der Waals surface area contributed by atoms with Crippen molar-refractivity contribution in [2.24, 2.45) is 0 Å². The number of ketones is 1. The zero-order valence-corrected chi connectivity index (χ0v) is 12.2. The molecule has 2 aromatic carbocycles. The van der Waals surface area contributed by atoms with Crippen LogP contribution in [0.15, 0.2) is 36.1 Å². The molecule has 112 valence electrons. The molecule has 1 aliphatic heterocycles. The van der Waals surface area contributed by atoms with Crippen LogP contribution in [0, 0.1) is 0 Å². The molecule has 3 rings (SSSR count). The molecule has 0 bridgehead atoms. The number of halogens is 1. The van der Waals surface area contributed by atoms with Crippen LogP contribution in [-0.4, -0.2) is 23.1 Å². The molecule has 2 N–H and O–H groups in total. The largest absolute Gasteiger partial charge is 0.508 e. The molecule has 1 heterocycles. The predicted molar refractivity (Wildman–Crippen MR) is 80.7 cm³/mol. The summed E-state index contributed by atoms with van der Waals surface area (Å²) in [4.78, 5) is 12.2. The average Bonchev–Trinajstić information content (AvgIpc) is 2.78. The lowest BCUT2D eigenvalue weighted by Crippen LogP contribution is -1.98. The number of ether oxygens (including phenoxy) is 2. The lowest BCUT2D eigenvalue weighted by atomic mass is 10.1. The number of hydrogen-bond acceptors (Lipinski definition) is 5. The van der Waals surface area contributed by atoms with E-state index in [2.05, 4.69) is 0 Å². The van der Waals surface area contributed by atoms with Gasteiger partial charge in [0.25, 0.3) is 0 Å². The molecule has 0 atom stereocenters. The number of Topliss-reactive ketones (excluding diaryl/α,β-unsaturated/α-hetero) is 1. The first-order valence-electron chi connectivity index (χ1n) is 6.33. The predicted octanol–water partition coefficient (Wildman–Crippen LogP) is 3.38. The number of aromatic hydroxyl groups is 2. The molecule has 0 fully saturated rings. The minimum absolute atomic E-state index is 0.0159. The Morgan fingerprint density at radius 3 is 2.73 bits per heavy atom. The van der Waals surface area contributed by atoms with Gasteiger partial charge in [0, 0.05) is 6.07 Å². The Balaban J connectivity index is 2.01. The van der Waals surface area contributed by atoms with Crippen molar-refractivity contribution in [2.45, 2.75) is 0 Å². The average molecular weight is 319 g/mol. The molecular weight excluding hydrogens is 308 g/mol. The Bertz CT molecular complexity index is 810. The summed E-state index contributed by atoms with van der Waals surface area (Å²) in [6.45, 7) is 0. The summed E-state index contributed by atoms with van der Waals surface area (Å²) in [5.41, 5.74) is 0.918. The molecule has 22 heavy (non-hydrogen) atoms. The van der Waals surface area contributed by atoms with E-state index in [1.54, 1.807) is 0 Å². The highest BCUT2D eigenvalue weighted by Crippen LogP contribution is 2.38. The molecule has 0 radical (unpaired) electrons. The number of fused-ring (bicyclic) bond motifs is 1. The standard InChI is InChI=1S/C16H11ClO5/c1-21-13-5-8(4-11(17)16(13)20)6-14-15(19)10-3-2-9(18)7-12(10)22-14/h2-7,18,20H,1H3/b14-6-. The first-order chi connectivity index (χ1) is 10.5. The molecular formula is C16H11ClO5. The first-order valence-corrected chi connectivity index (χ1v) is 6.71. The number of carbonyl (C=O) groups excluding carboxylic acids is 1. The fourth-order valence-corrected chi connectivity index (χ4v) is 2.38. The maximum absolute atomic E-state index is 12.2. The Morgan fingerprint density at radius 2 is 2.00 bits per heavy atom. The van der Waals surface area contributed by atoms with Gasteiger partial charge in [0.2, 0.25) is 5.78 Å². The van der Waals surface area contributed by atoms with Crippen LogP contribution in [0.1, 0.15) is 15.9 Å². The molecule has 0 aromatic heterocycles. The number of hydrogen-bond donors (Lipinski definition) is 2. The Morgan fingerprint density at radius 1 is 1.23 bits per heavy atom. The van der Waals surface area contributed by atoms with Crippen molar-refractivity contribution >= 4 is 23.5 Å². The van der Waals surface area contributed by atoms with Crippen molar-refractivity contribution in [3.8, 4) is 23.0 Å². The number of methoxy groups -OCH3 is 1. The number of carbonyl (C=O) groups is 1. The van der Waals surface area contributed by atoms with Gasteiger partial charge >= 0.3 is 0 Å². The Labute approximate surface area is 131 Å². The maximum atomic E-state index is 12.2. The van der Waals surface area contributed by atoms with Crippen molar-refractivity contribution in [2.75, 3.05) is 7.11 Å². The van der Waals surface area contributed by atoms with Gasteiger partial charge in [0.15, 0.2) is 17.3 Å². The van der Waals surface area contributed by atoms with Gasteiger partial charge in [0.1, 0.15) is 11.5 Å². The number of rotatable bonds is 2. The number of phenolic OH excluding ortho intramolecular Hbond substituents is 2. The second kappa shape index (κ2) is 5.27. The summed E-state index contributed by atoms with van der Waals surface area (Å²) in [7, 11) is 1.40. The zero-order valence-electron chi connectivity index (χ0n) is 11.5. The second-order valence-corrected chi connectivity index (χ2v) is 5.08. The number of phenols is 2. The van der Waals surface area contributed by atoms with Crippen LogP contribution in [0.3, 0.4) is 0 Å². The van der Waals surface area contributed by atoms with Crippen molar-refractivity contribution < 1.29 is 24.5 Å². The summed E-state index contributed by atoms with van der Waals surface area (Å²) >= 11 is 5.91. The lowest BCUT2D eigenvalue weighted by molar-refractivity contribution is 0.101. The maximum Gasteiger partial charge on any atom is 0.231 e. The Kier molecular flexibility index (Phi) is 3.42. The first kappa shape index (κ1) is 14.3. The highest BCUT2D eigenvalue weighted by Gasteiger charge is 2.27. The molecule has 5 nitrogen and oxygen atoms in total. The van der Waals surface area contributed by atoms with Crippen LogP contribution in [0.5, 0.6) is 23.0 Å². The van der Waals surface area contributed by atoms with Gasteiger partial charge in [0.05, 0.1) is 17.7 Å². The number of allylic oxidation sites excluding steroid dienone is 1. The summed E-state index contributed by atoms with van der Waals surface area (Å²) in [6.07, 6.45) is 1.49. The van der Waals surface area contributed by atoms with E-state index in [-0.39, 0.29) is 33.8 Å². The van der Waals surface area contributed by atoms with Crippen molar-refractivity contribution in [3.63, 3.8) is 0 Å². The topological polar surface area (TPSA) is 76.0 Å². The molecule has 0 saturated carbocycles. The monoisotopic (exact) mass is 318 g/mol. The molecule has 2 aromatic rings. The third-order valence-corrected chi connectivity index (χ3v) is 3.51. The minimum atomic E-state index is -0.293. The van der Waals surface area contributed by atoms with Crippen molar-refractivity contribution in [1.82, 2.24) is 0 Å². The van der Waals surface area contributed by atoms with Crippen LogP contribution in [0.4, 0.5) is 0 Å². The van der Waals surface area contributed by atoms with E-state index in [1.807, 2.05) is 0 Å².